The van der Waals surface area contributed by atoms with Crippen molar-refractivity contribution in [2.24, 2.45) is 0 Å². The number of nitrogens with one attached hydrogen (secondary N) is 2. The number of ether oxygens (including phenoxy) is 3. The van der Waals surface area contributed by atoms with E-state index in [4.69, 9.17) is 14.2 Å². The van der Waals surface area contributed by atoms with E-state index >= 15 is 0 Å². The Kier molecular flexibility index (Phi) is 8.91. The Morgan fingerprint density at radius 3 is 2.26 bits per heavy atom. The van der Waals surface area contributed by atoms with Crippen LogP contribution in [0.5, 0.6) is 17.2 Å². The van der Waals surface area contributed by atoms with E-state index in [9.17, 15) is 9.59 Å². The van der Waals surface area contributed by atoms with E-state index in [1.54, 1.807) is 36.4 Å². The molecule has 3 rings (SSSR count). The SMILES string of the molecule is CCC(CNC(=O)c1ccc(OCC(=O)Nc2ccccc2OC)c(OC)c1)c1ccccc1. The second-order valence-electron chi connectivity index (χ2n) is 7.63. The van der Waals surface area contributed by atoms with Crippen molar-refractivity contribution in [3.63, 3.8) is 0 Å². The van der Waals surface area contributed by atoms with Gasteiger partial charge in [-0.05, 0) is 42.3 Å². The van der Waals surface area contributed by atoms with Crippen LogP contribution in [-0.4, -0.2) is 39.2 Å². The highest BCUT2D eigenvalue weighted by molar-refractivity contribution is 5.95. The number of carbonyl (C=O) groups is 2. The minimum absolute atomic E-state index is 0.201. The minimum Gasteiger partial charge on any atom is -0.495 e. The summed E-state index contributed by atoms with van der Waals surface area (Å²) in [6.45, 7) is 2.40. The second-order valence-corrected chi connectivity index (χ2v) is 7.63. The molecule has 0 heterocycles. The van der Waals surface area contributed by atoms with Crippen molar-refractivity contribution >= 4 is 17.5 Å². The van der Waals surface area contributed by atoms with E-state index in [1.807, 2.05) is 24.3 Å². The number of hydrogen-bond acceptors (Lipinski definition) is 5. The van der Waals surface area contributed by atoms with Crippen LogP contribution < -0.4 is 24.8 Å². The Bertz CT molecular complexity index is 1100. The molecule has 7 nitrogen and oxygen atoms in total. The average molecular weight is 463 g/mol. The highest BCUT2D eigenvalue weighted by Crippen LogP contribution is 2.29. The lowest BCUT2D eigenvalue weighted by Crippen LogP contribution is -2.28. The van der Waals surface area contributed by atoms with Gasteiger partial charge in [-0.1, -0.05) is 49.4 Å². The summed E-state index contributed by atoms with van der Waals surface area (Å²) >= 11 is 0. The van der Waals surface area contributed by atoms with Crippen LogP contribution in [0.2, 0.25) is 0 Å². The molecule has 178 valence electrons. The number of anilines is 1. The fourth-order valence-corrected chi connectivity index (χ4v) is 3.55. The van der Waals surface area contributed by atoms with Crippen LogP contribution in [-0.2, 0) is 4.79 Å². The lowest BCUT2D eigenvalue weighted by molar-refractivity contribution is -0.118. The fourth-order valence-electron chi connectivity index (χ4n) is 3.55. The van der Waals surface area contributed by atoms with Crippen molar-refractivity contribution in [2.75, 3.05) is 32.7 Å². The number of methoxy groups -OCH3 is 2. The largest absolute Gasteiger partial charge is 0.495 e. The monoisotopic (exact) mass is 462 g/mol. The molecule has 2 N–H and O–H groups in total. The van der Waals surface area contributed by atoms with Gasteiger partial charge in [0.25, 0.3) is 11.8 Å². The first-order valence-electron chi connectivity index (χ1n) is 11.1. The third-order valence-electron chi connectivity index (χ3n) is 5.44. The molecule has 1 atom stereocenters. The number of amides is 2. The molecular formula is C27H30N2O5. The third kappa shape index (κ3) is 6.51. The van der Waals surface area contributed by atoms with Crippen molar-refractivity contribution in [3.8, 4) is 17.2 Å². The van der Waals surface area contributed by atoms with Crippen LogP contribution >= 0.6 is 0 Å². The highest BCUT2D eigenvalue weighted by Gasteiger charge is 2.15. The van der Waals surface area contributed by atoms with Crippen molar-refractivity contribution in [1.29, 1.82) is 0 Å². The Labute approximate surface area is 200 Å². The highest BCUT2D eigenvalue weighted by atomic mass is 16.5. The molecule has 2 amide bonds. The van der Waals surface area contributed by atoms with E-state index in [1.165, 1.54) is 19.8 Å². The molecule has 0 fully saturated rings. The molecule has 7 heteroatoms. The van der Waals surface area contributed by atoms with Crippen LogP contribution in [0.15, 0.2) is 72.8 Å². The topological polar surface area (TPSA) is 85.9 Å². The number of carbonyl (C=O) groups excluding carboxylic acids is 2. The Morgan fingerprint density at radius 1 is 0.853 bits per heavy atom. The zero-order valence-corrected chi connectivity index (χ0v) is 19.7. The average Bonchev–Trinajstić information content (AvgIpc) is 2.88. The number of para-hydroxylation sites is 2. The predicted molar refractivity (Wildman–Crippen MR) is 132 cm³/mol. The summed E-state index contributed by atoms with van der Waals surface area (Å²) in [5.41, 5.74) is 2.20. The van der Waals surface area contributed by atoms with E-state index in [2.05, 4.69) is 29.7 Å². The summed E-state index contributed by atoms with van der Waals surface area (Å²) in [6.07, 6.45) is 0.914. The summed E-state index contributed by atoms with van der Waals surface area (Å²) < 4.78 is 16.3. The van der Waals surface area contributed by atoms with Crippen LogP contribution in [0.25, 0.3) is 0 Å². The number of benzene rings is 3. The van der Waals surface area contributed by atoms with Gasteiger partial charge in [0.15, 0.2) is 18.1 Å². The summed E-state index contributed by atoms with van der Waals surface area (Å²) in [4.78, 5) is 25.0. The molecule has 0 saturated carbocycles. The summed E-state index contributed by atoms with van der Waals surface area (Å²) in [5, 5.41) is 5.75. The first-order chi connectivity index (χ1) is 16.5. The van der Waals surface area contributed by atoms with Crippen molar-refractivity contribution in [2.45, 2.75) is 19.3 Å². The van der Waals surface area contributed by atoms with Gasteiger partial charge in [0.1, 0.15) is 5.75 Å². The Morgan fingerprint density at radius 2 is 1.56 bits per heavy atom. The third-order valence-corrected chi connectivity index (χ3v) is 5.44. The van der Waals surface area contributed by atoms with Gasteiger partial charge >= 0.3 is 0 Å². The summed E-state index contributed by atoms with van der Waals surface area (Å²) in [7, 11) is 3.02. The zero-order valence-electron chi connectivity index (χ0n) is 19.7. The van der Waals surface area contributed by atoms with Crippen molar-refractivity contribution in [1.82, 2.24) is 5.32 Å². The lowest BCUT2D eigenvalue weighted by atomic mass is 9.96. The quantitative estimate of drug-likeness (QED) is 0.433. The standard InChI is InChI=1S/C27H30N2O5/c1-4-19(20-10-6-5-7-11-20)17-28-27(31)21-14-15-24(25(16-21)33-3)34-18-26(30)29-22-12-8-9-13-23(22)32-2/h5-16,19H,4,17-18H2,1-3H3,(H,28,31)(H,29,30). The minimum atomic E-state index is -0.347. The van der Waals surface area contributed by atoms with Gasteiger partial charge in [-0.15, -0.1) is 0 Å². The maximum atomic E-state index is 12.7. The van der Waals surface area contributed by atoms with Gasteiger partial charge in [0, 0.05) is 18.0 Å². The van der Waals surface area contributed by atoms with E-state index in [0.717, 1.165) is 6.42 Å². The molecule has 0 radical (unpaired) electrons. The van der Waals surface area contributed by atoms with Crippen LogP contribution in [0.3, 0.4) is 0 Å². The van der Waals surface area contributed by atoms with Gasteiger partial charge < -0.3 is 24.8 Å². The first-order valence-corrected chi connectivity index (χ1v) is 11.1. The molecule has 0 aromatic heterocycles. The zero-order chi connectivity index (χ0) is 24.3. The normalized spacial score (nSPS) is 11.3. The molecule has 0 aliphatic rings. The first kappa shape index (κ1) is 24.6. The maximum absolute atomic E-state index is 12.7. The molecule has 0 aliphatic carbocycles. The van der Waals surface area contributed by atoms with Crippen molar-refractivity contribution < 1.29 is 23.8 Å². The van der Waals surface area contributed by atoms with E-state index in [-0.39, 0.29) is 24.3 Å². The fraction of sp³-hybridized carbons (Fsp3) is 0.259. The predicted octanol–water partition coefficient (Wildman–Crippen LogP) is 4.64. The van der Waals surface area contributed by atoms with Crippen LogP contribution in [0.1, 0.15) is 35.2 Å². The number of hydrogen-bond donors (Lipinski definition) is 2. The molecule has 3 aromatic rings. The molecule has 3 aromatic carbocycles. The van der Waals surface area contributed by atoms with Gasteiger partial charge in [-0.2, -0.15) is 0 Å². The van der Waals surface area contributed by atoms with E-state index < -0.39 is 0 Å². The van der Waals surface area contributed by atoms with E-state index in [0.29, 0.717) is 35.0 Å². The Balaban J connectivity index is 1.59. The lowest BCUT2D eigenvalue weighted by Gasteiger charge is -2.17. The molecule has 0 saturated heterocycles. The summed E-state index contributed by atoms with van der Waals surface area (Å²) in [5.74, 6) is 0.976. The number of rotatable bonds is 11. The van der Waals surface area contributed by atoms with Gasteiger partial charge in [-0.25, -0.2) is 0 Å². The molecule has 34 heavy (non-hydrogen) atoms. The van der Waals surface area contributed by atoms with Crippen LogP contribution in [0.4, 0.5) is 5.69 Å². The molecule has 1 unspecified atom stereocenters. The maximum Gasteiger partial charge on any atom is 0.262 e. The molecule has 0 aliphatic heterocycles. The molecular weight excluding hydrogens is 432 g/mol. The summed E-state index contributed by atoms with van der Waals surface area (Å²) in [6, 6.07) is 22.1. The molecule has 0 bridgehead atoms. The molecule has 0 spiro atoms. The van der Waals surface area contributed by atoms with Gasteiger partial charge in [-0.3, -0.25) is 9.59 Å². The Hall–Kier alpha value is -4.00. The van der Waals surface area contributed by atoms with Gasteiger partial charge in [0.05, 0.1) is 19.9 Å². The second kappa shape index (κ2) is 12.3. The van der Waals surface area contributed by atoms with Gasteiger partial charge in [0.2, 0.25) is 0 Å². The van der Waals surface area contributed by atoms with Crippen molar-refractivity contribution in [3.05, 3.63) is 83.9 Å². The smallest absolute Gasteiger partial charge is 0.262 e. The van der Waals surface area contributed by atoms with Crippen LogP contribution in [0, 0.1) is 0 Å².